The van der Waals surface area contributed by atoms with Crippen molar-refractivity contribution in [3.05, 3.63) is 59.8 Å². The lowest BCUT2D eigenvalue weighted by molar-refractivity contribution is 0.685. The quantitative estimate of drug-likeness (QED) is 0.811. The maximum absolute atomic E-state index is 4.52. The Morgan fingerprint density at radius 3 is 2.58 bits per heavy atom. The molecule has 3 heteroatoms. The third kappa shape index (κ3) is 4.08. The van der Waals surface area contributed by atoms with Crippen LogP contribution in [-0.2, 0) is 12.3 Å². The van der Waals surface area contributed by atoms with Crippen LogP contribution in [0.4, 0.5) is 0 Å². The molecule has 2 nitrogen and oxygen atoms in total. The number of hydrogen-bond donors (Lipinski definition) is 1. The van der Waals surface area contributed by atoms with Gasteiger partial charge in [0.1, 0.15) is 0 Å². The van der Waals surface area contributed by atoms with Crippen molar-refractivity contribution in [2.75, 3.05) is 0 Å². The summed E-state index contributed by atoms with van der Waals surface area (Å²) in [5, 5.41) is 4.60. The van der Waals surface area contributed by atoms with Gasteiger partial charge in [-0.3, -0.25) is 0 Å². The van der Waals surface area contributed by atoms with Gasteiger partial charge in [-0.25, -0.2) is 4.98 Å². The summed E-state index contributed by atoms with van der Waals surface area (Å²) in [4.78, 5) is 4.52. The maximum Gasteiger partial charge on any atom is 0.0963 e. The Hall–Kier alpha value is -1.32. The van der Waals surface area contributed by atoms with Gasteiger partial charge in [0, 0.05) is 24.5 Å². The standard InChI is InChI=1S/C16H18N2S/c1-2-4-13(5-3-1)12-19-16-9-6-14(11-18-16)10-17-15-7-8-15/h1-6,9,11,15,17H,7-8,10,12H2. The Kier molecular flexibility index (Phi) is 4.16. The summed E-state index contributed by atoms with van der Waals surface area (Å²) >= 11 is 1.79. The highest BCUT2D eigenvalue weighted by atomic mass is 32.2. The van der Waals surface area contributed by atoms with Gasteiger partial charge >= 0.3 is 0 Å². The van der Waals surface area contributed by atoms with Crippen LogP contribution in [0, 0.1) is 0 Å². The highest BCUT2D eigenvalue weighted by Gasteiger charge is 2.19. The summed E-state index contributed by atoms with van der Waals surface area (Å²) in [5.74, 6) is 0.980. The molecule has 0 aliphatic heterocycles. The van der Waals surface area contributed by atoms with Crippen molar-refractivity contribution < 1.29 is 0 Å². The van der Waals surface area contributed by atoms with Crippen LogP contribution >= 0.6 is 11.8 Å². The van der Waals surface area contributed by atoms with Crippen LogP contribution in [0.25, 0.3) is 0 Å². The highest BCUT2D eigenvalue weighted by Crippen LogP contribution is 2.21. The zero-order valence-electron chi connectivity index (χ0n) is 10.9. The van der Waals surface area contributed by atoms with E-state index in [0.717, 1.165) is 23.4 Å². The second-order valence-corrected chi connectivity index (χ2v) is 5.93. The largest absolute Gasteiger partial charge is 0.310 e. The van der Waals surface area contributed by atoms with Crippen molar-refractivity contribution in [3.8, 4) is 0 Å². The number of benzene rings is 1. The Bertz CT molecular complexity index is 506. The third-order valence-corrected chi connectivity index (χ3v) is 4.21. The molecule has 0 bridgehead atoms. The second kappa shape index (κ2) is 6.22. The lowest BCUT2D eigenvalue weighted by atomic mass is 10.2. The predicted octanol–water partition coefficient (Wildman–Crippen LogP) is 3.63. The summed E-state index contributed by atoms with van der Waals surface area (Å²) in [6.45, 7) is 0.946. The van der Waals surface area contributed by atoms with Gasteiger partial charge in [0.15, 0.2) is 0 Å². The van der Waals surface area contributed by atoms with E-state index in [1.807, 2.05) is 12.3 Å². The van der Waals surface area contributed by atoms with Crippen LogP contribution < -0.4 is 5.32 Å². The Morgan fingerprint density at radius 1 is 1.05 bits per heavy atom. The summed E-state index contributed by atoms with van der Waals surface area (Å²) < 4.78 is 0. The number of nitrogens with zero attached hydrogens (tertiary/aromatic N) is 1. The van der Waals surface area contributed by atoms with E-state index in [0.29, 0.717) is 0 Å². The topological polar surface area (TPSA) is 24.9 Å². The first kappa shape index (κ1) is 12.7. The second-order valence-electron chi connectivity index (χ2n) is 4.93. The normalized spacial score (nSPS) is 14.5. The molecule has 2 aromatic rings. The first-order valence-corrected chi connectivity index (χ1v) is 7.74. The molecule has 19 heavy (non-hydrogen) atoms. The molecule has 0 spiro atoms. The van der Waals surface area contributed by atoms with Crippen molar-refractivity contribution in [2.24, 2.45) is 0 Å². The average molecular weight is 270 g/mol. The van der Waals surface area contributed by atoms with Gasteiger partial charge in [0.2, 0.25) is 0 Å². The fourth-order valence-corrected chi connectivity index (χ4v) is 2.68. The van der Waals surface area contributed by atoms with Gasteiger partial charge < -0.3 is 5.32 Å². The molecular weight excluding hydrogens is 252 g/mol. The monoisotopic (exact) mass is 270 g/mol. The molecule has 1 aromatic heterocycles. The smallest absolute Gasteiger partial charge is 0.0963 e. The molecule has 98 valence electrons. The van der Waals surface area contributed by atoms with E-state index in [2.05, 4.69) is 46.7 Å². The van der Waals surface area contributed by atoms with Crippen molar-refractivity contribution in [2.45, 2.75) is 36.2 Å². The van der Waals surface area contributed by atoms with Crippen LogP contribution in [0.15, 0.2) is 53.7 Å². The number of hydrogen-bond acceptors (Lipinski definition) is 3. The van der Waals surface area contributed by atoms with Gasteiger partial charge in [-0.15, -0.1) is 11.8 Å². The molecule has 1 fully saturated rings. The molecule has 1 N–H and O–H groups in total. The molecule has 0 unspecified atom stereocenters. The molecule has 1 aliphatic rings. The van der Waals surface area contributed by atoms with Crippen LogP contribution in [0.5, 0.6) is 0 Å². The van der Waals surface area contributed by atoms with E-state index in [9.17, 15) is 0 Å². The van der Waals surface area contributed by atoms with E-state index in [-0.39, 0.29) is 0 Å². The average Bonchev–Trinajstić information content (AvgIpc) is 3.29. The Labute approximate surface area is 118 Å². The molecule has 1 heterocycles. The Morgan fingerprint density at radius 2 is 1.89 bits per heavy atom. The highest BCUT2D eigenvalue weighted by molar-refractivity contribution is 7.98. The minimum absolute atomic E-state index is 0.757. The predicted molar refractivity (Wildman–Crippen MR) is 80.1 cm³/mol. The molecule has 3 rings (SSSR count). The van der Waals surface area contributed by atoms with E-state index < -0.39 is 0 Å². The number of aromatic nitrogens is 1. The molecular formula is C16H18N2S. The van der Waals surface area contributed by atoms with Gasteiger partial charge in [-0.1, -0.05) is 36.4 Å². The first-order valence-electron chi connectivity index (χ1n) is 6.75. The van der Waals surface area contributed by atoms with Crippen LogP contribution in [0.2, 0.25) is 0 Å². The lowest BCUT2D eigenvalue weighted by Gasteiger charge is -2.04. The fraction of sp³-hybridized carbons (Fsp3) is 0.312. The maximum atomic E-state index is 4.52. The van der Waals surface area contributed by atoms with Gasteiger partial charge in [0.25, 0.3) is 0 Å². The molecule has 1 aliphatic carbocycles. The van der Waals surface area contributed by atoms with Crippen molar-refractivity contribution in [1.29, 1.82) is 0 Å². The SMILES string of the molecule is c1ccc(CSc2ccc(CNC3CC3)cn2)cc1. The molecule has 0 atom stereocenters. The van der Waals surface area contributed by atoms with Crippen LogP contribution in [-0.4, -0.2) is 11.0 Å². The summed E-state index contributed by atoms with van der Waals surface area (Å²) in [6.07, 6.45) is 4.65. The van der Waals surface area contributed by atoms with Crippen LogP contribution in [0.3, 0.4) is 0 Å². The van der Waals surface area contributed by atoms with Crippen molar-refractivity contribution in [3.63, 3.8) is 0 Å². The van der Waals surface area contributed by atoms with E-state index in [1.165, 1.54) is 24.0 Å². The van der Waals surface area contributed by atoms with Crippen molar-refractivity contribution >= 4 is 11.8 Å². The molecule has 1 aromatic carbocycles. The van der Waals surface area contributed by atoms with E-state index in [1.54, 1.807) is 11.8 Å². The molecule has 0 saturated heterocycles. The third-order valence-electron chi connectivity index (χ3n) is 3.20. The number of pyridine rings is 1. The zero-order valence-corrected chi connectivity index (χ0v) is 11.7. The van der Waals surface area contributed by atoms with E-state index in [4.69, 9.17) is 0 Å². The van der Waals surface area contributed by atoms with Gasteiger partial charge in [0.05, 0.1) is 5.03 Å². The Balaban J connectivity index is 1.50. The van der Waals surface area contributed by atoms with Gasteiger partial charge in [-0.05, 0) is 30.0 Å². The van der Waals surface area contributed by atoms with Crippen molar-refractivity contribution in [1.82, 2.24) is 10.3 Å². The minimum atomic E-state index is 0.757. The minimum Gasteiger partial charge on any atom is -0.310 e. The van der Waals surface area contributed by atoms with E-state index >= 15 is 0 Å². The summed E-state index contributed by atoms with van der Waals surface area (Å²) in [5.41, 5.74) is 2.62. The number of nitrogens with one attached hydrogen (secondary N) is 1. The first-order chi connectivity index (χ1) is 9.40. The zero-order chi connectivity index (χ0) is 12.9. The number of thioether (sulfide) groups is 1. The summed E-state index contributed by atoms with van der Waals surface area (Å²) in [6, 6.07) is 15.6. The molecule has 0 radical (unpaired) electrons. The molecule has 1 saturated carbocycles. The number of rotatable bonds is 6. The fourth-order valence-electron chi connectivity index (χ4n) is 1.88. The lowest BCUT2D eigenvalue weighted by Crippen LogP contribution is -2.15. The van der Waals surface area contributed by atoms with Gasteiger partial charge in [-0.2, -0.15) is 0 Å². The summed E-state index contributed by atoms with van der Waals surface area (Å²) in [7, 11) is 0. The van der Waals surface area contributed by atoms with Crippen LogP contribution in [0.1, 0.15) is 24.0 Å². The molecule has 0 amide bonds.